The lowest BCUT2D eigenvalue weighted by Crippen LogP contribution is -1.90. The Hall–Kier alpha value is -1.26. The first-order chi connectivity index (χ1) is 7.04. The van der Waals surface area contributed by atoms with Crippen molar-refractivity contribution in [2.45, 2.75) is 0 Å². The monoisotopic (exact) mass is 247 g/mol. The van der Waals surface area contributed by atoms with Gasteiger partial charge >= 0.3 is 0 Å². The van der Waals surface area contributed by atoms with Crippen LogP contribution in [0.25, 0.3) is 6.08 Å². The summed E-state index contributed by atoms with van der Waals surface area (Å²) in [5, 5.41) is 10.9. The Kier molecular flexibility index (Phi) is 3.94. The third-order valence-corrected chi connectivity index (χ3v) is 2.12. The van der Waals surface area contributed by atoms with Gasteiger partial charge in [-0.3, -0.25) is 10.1 Å². The largest absolute Gasteiger partial charge is 0.495 e. The summed E-state index contributed by atoms with van der Waals surface area (Å²) in [5.41, 5.74) is 0.465. The summed E-state index contributed by atoms with van der Waals surface area (Å²) >= 11 is 11.6. The Balaban J connectivity index is 3.20. The number of hydrogen-bond acceptors (Lipinski definition) is 3. The van der Waals surface area contributed by atoms with Crippen LogP contribution in [-0.4, -0.2) is 12.0 Å². The fourth-order valence-corrected chi connectivity index (χ4v) is 1.65. The molecule has 0 atom stereocenters. The number of halogens is 2. The van der Waals surface area contributed by atoms with E-state index < -0.39 is 4.92 Å². The second kappa shape index (κ2) is 5.00. The van der Waals surface area contributed by atoms with E-state index in [1.807, 2.05) is 0 Å². The maximum absolute atomic E-state index is 10.2. The fraction of sp³-hybridized carbons (Fsp3) is 0.111. The van der Waals surface area contributed by atoms with Gasteiger partial charge in [-0.25, -0.2) is 0 Å². The van der Waals surface area contributed by atoms with Crippen molar-refractivity contribution < 1.29 is 9.66 Å². The van der Waals surface area contributed by atoms with Crippen molar-refractivity contribution in [1.29, 1.82) is 0 Å². The van der Waals surface area contributed by atoms with Crippen LogP contribution in [0.15, 0.2) is 18.3 Å². The number of nitrogens with zero attached hydrogens (tertiary/aromatic N) is 1. The highest BCUT2D eigenvalue weighted by molar-refractivity contribution is 6.35. The minimum atomic E-state index is -0.575. The Labute approximate surface area is 96.2 Å². The van der Waals surface area contributed by atoms with Gasteiger partial charge in [0.15, 0.2) is 0 Å². The summed E-state index contributed by atoms with van der Waals surface area (Å²) in [6.45, 7) is 0. The van der Waals surface area contributed by atoms with Crippen LogP contribution in [0.3, 0.4) is 0 Å². The van der Waals surface area contributed by atoms with Gasteiger partial charge in [0.1, 0.15) is 5.75 Å². The smallest absolute Gasteiger partial charge is 0.235 e. The Bertz CT molecular complexity index is 418. The molecule has 0 aliphatic heterocycles. The van der Waals surface area contributed by atoms with Crippen molar-refractivity contribution in [3.8, 4) is 5.75 Å². The zero-order valence-corrected chi connectivity index (χ0v) is 9.25. The van der Waals surface area contributed by atoms with E-state index in [2.05, 4.69) is 0 Å². The van der Waals surface area contributed by atoms with Crippen molar-refractivity contribution >= 4 is 29.3 Å². The Morgan fingerprint density at radius 2 is 2.13 bits per heavy atom. The van der Waals surface area contributed by atoms with Crippen LogP contribution in [-0.2, 0) is 0 Å². The number of hydrogen-bond donors (Lipinski definition) is 0. The van der Waals surface area contributed by atoms with Crippen LogP contribution in [0.4, 0.5) is 0 Å². The lowest BCUT2D eigenvalue weighted by atomic mass is 10.2. The molecule has 0 fully saturated rings. The molecule has 0 radical (unpaired) electrons. The topological polar surface area (TPSA) is 52.4 Å². The lowest BCUT2D eigenvalue weighted by molar-refractivity contribution is -0.400. The summed E-state index contributed by atoms with van der Waals surface area (Å²) < 4.78 is 5.00. The van der Waals surface area contributed by atoms with E-state index in [1.165, 1.54) is 25.3 Å². The second-order valence-electron chi connectivity index (χ2n) is 2.61. The molecular formula is C9H7Cl2NO3. The van der Waals surface area contributed by atoms with Gasteiger partial charge in [-0.2, -0.15) is 0 Å². The fourth-order valence-electron chi connectivity index (χ4n) is 1.06. The molecule has 4 nitrogen and oxygen atoms in total. The number of methoxy groups -OCH3 is 1. The van der Waals surface area contributed by atoms with E-state index in [9.17, 15) is 10.1 Å². The molecule has 80 valence electrons. The van der Waals surface area contributed by atoms with Gasteiger partial charge in [0.05, 0.1) is 17.1 Å². The molecule has 0 amide bonds. The normalized spacial score (nSPS) is 10.6. The van der Waals surface area contributed by atoms with Gasteiger partial charge in [-0.15, -0.1) is 0 Å². The van der Waals surface area contributed by atoms with E-state index in [-0.39, 0.29) is 0 Å². The van der Waals surface area contributed by atoms with Crippen molar-refractivity contribution in [1.82, 2.24) is 0 Å². The molecule has 15 heavy (non-hydrogen) atoms. The van der Waals surface area contributed by atoms with Gasteiger partial charge < -0.3 is 4.74 Å². The number of nitro groups is 1. The number of benzene rings is 1. The molecule has 6 heteroatoms. The summed E-state index contributed by atoms with van der Waals surface area (Å²) in [6.07, 6.45) is 2.07. The first kappa shape index (κ1) is 11.8. The number of rotatable bonds is 3. The molecule has 1 aromatic carbocycles. The minimum absolute atomic E-state index is 0.313. The predicted molar refractivity (Wildman–Crippen MR) is 59.0 cm³/mol. The molecule has 0 N–H and O–H groups in total. The van der Waals surface area contributed by atoms with Gasteiger partial charge in [0, 0.05) is 16.7 Å². The zero-order chi connectivity index (χ0) is 11.4. The molecule has 0 heterocycles. The highest BCUT2D eigenvalue weighted by atomic mass is 35.5. The molecule has 1 rings (SSSR count). The quantitative estimate of drug-likeness (QED) is 0.609. The van der Waals surface area contributed by atoms with Crippen molar-refractivity contribution in [3.63, 3.8) is 0 Å². The average molecular weight is 248 g/mol. The Morgan fingerprint density at radius 1 is 1.47 bits per heavy atom. The van der Waals surface area contributed by atoms with Gasteiger partial charge in [-0.1, -0.05) is 23.2 Å². The van der Waals surface area contributed by atoms with Crippen LogP contribution in [0.5, 0.6) is 5.75 Å². The molecular weight excluding hydrogens is 241 g/mol. The molecule has 0 saturated carbocycles. The highest BCUT2D eigenvalue weighted by Crippen LogP contribution is 2.32. The molecule has 0 unspecified atom stereocenters. The third kappa shape index (κ3) is 3.11. The number of ether oxygens (including phenoxy) is 1. The maximum atomic E-state index is 10.2. The van der Waals surface area contributed by atoms with Crippen LogP contribution in [0, 0.1) is 10.1 Å². The van der Waals surface area contributed by atoms with E-state index >= 15 is 0 Å². The predicted octanol–water partition coefficient (Wildman–Crippen LogP) is 3.25. The summed E-state index contributed by atoms with van der Waals surface area (Å²) in [5.74, 6) is 0.360. The summed E-state index contributed by atoms with van der Waals surface area (Å²) in [7, 11) is 1.43. The molecule has 1 aromatic rings. The second-order valence-corrected chi connectivity index (χ2v) is 3.45. The SMILES string of the molecule is COc1c(Cl)cc(Cl)cc1/C=C/[N+](=O)[O-]. The first-order valence-electron chi connectivity index (χ1n) is 3.89. The van der Waals surface area contributed by atoms with Gasteiger partial charge in [-0.05, 0) is 12.1 Å². The van der Waals surface area contributed by atoms with E-state index in [4.69, 9.17) is 27.9 Å². The molecule has 0 saturated heterocycles. The Morgan fingerprint density at radius 3 is 2.67 bits per heavy atom. The molecule has 0 aromatic heterocycles. The molecule has 0 aliphatic carbocycles. The summed E-state index contributed by atoms with van der Waals surface area (Å²) in [6, 6.07) is 3.04. The van der Waals surface area contributed by atoms with E-state index in [1.54, 1.807) is 0 Å². The van der Waals surface area contributed by atoms with Crippen molar-refractivity contribution in [2.24, 2.45) is 0 Å². The van der Waals surface area contributed by atoms with E-state index in [0.29, 0.717) is 21.4 Å². The molecule has 0 aliphatic rings. The van der Waals surface area contributed by atoms with E-state index in [0.717, 1.165) is 6.20 Å². The minimum Gasteiger partial charge on any atom is -0.495 e. The van der Waals surface area contributed by atoms with Crippen LogP contribution >= 0.6 is 23.2 Å². The van der Waals surface area contributed by atoms with Gasteiger partial charge in [0.2, 0.25) is 6.20 Å². The highest BCUT2D eigenvalue weighted by Gasteiger charge is 2.08. The zero-order valence-electron chi connectivity index (χ0n) is 7.74. The van der Waals surface area contributed by atoms with Crippen molar-refractivity contribution in [2.75, 3.05) is 7.11 Å². The molecule has 0 bridgehead atoms. The first-order valence-corrected chi connectivity index (χ1v) is 4.65. The van der Waals surface area contributed by atoms with Crippen LogP contribution in [0.1, 0.15) is 5.56 Å². The summed E-state index contributed by atoms with van der Waals surface area (Å²) in [4.78, 5) is 9.58. The van der Waals surface area contributed by atoms with Crippen LogP contribution < -0.4 is 4.74 Å². The standard InChI is InChI=1S/C9H7Cl2NO3/c1-15-9-6(2-3-12(13)14)4-7(10)5-8(9)11/h2-5H,1H3/b3-2+. The average Bonchev–Trinajstić information content (AvgIpc) is 2.13. The van der Waals surface area contributed by atoms with Gasteiger partial charge in [0.25, 0.3) is 0 Å². The van der Waals surface area contributed by atoms with Crippen molar-refractivity contribution in [3.05, 3.63) is 44.1 Å². The molecule has 0 spiro atoms. The van der Waals surface area contributed by atoms with Crippen LogP contribution in [0.2, 0.25) is 10.0 Å². The maximum Gasteiger partial charge on any atom is 0.235 e. The lowest BCUT2D eigenvalue weighted by Gasteiger charge is -2.06. The third-order valence-electron chi connectivity index (χ3n) is 1.62.